The summed E-state index contributed by atoms with van der Waals surface area (Å²) >= 11 is 0. The zero-order chi connectivity index (χ0) is 27.0. The predicted octanol–water partition coefficient (Wildman–Crippen LogP) is 4.31. The first-order valence-electron chi connectivity index (χ1n) is 15.1. The molecule has 222 valence electrons. The van der Waals surface area contributed by atoms with Gasteiger partial charge in [0, 0.05) is 19.3 Å². The van der Waals surface area contributed by atoms with Crippen molar-refractivity contribution in [1.82, 2.24) is 0 Å². The summed E-state index contributed by atoms with van der Waals surface area (Å²) in [6.45, 7) is 8.30. The molecule has 0 atom stereocenters. The van der Waals surface area contributed by atoms with Gasteiger partial charge in [0.15, 0.2) is 0 Å². The molecule has 4 aliphatic rings. The summed E-state index contributed by atoms with van der Waals surface area (Å²) in [7, 11) is 1.66. The van der Waals surface area contributed by atoms with Gasteiger partial charge in [-0.2, -0.15) is 0 Å². The molecular formula is C31H51NO7. The minimum absolute atomic E-state index is 0.477. The van der Waals surface area contributed by atoms with Gasteiger partial charge in [0.05, 0.1) is 85.9 Å². The highest BCUT2D eigenvalue weighted by atomic mass is 16.6. The van der Waals surface area contributed by atoms with E-state index in [0.717, 1.165) is 24.3 Å². The molecule has 39 heavy (non-hydrogen) atoms. The van der Waals surface area contributed by atoms with Crippen molar-refractivity contribution in [2.45, 2.75) is 43.9 Å². The maximum absolute atomic E-state index is 5.69. The Morgan fingerprint density at radius 1 is 0.564 bits per heavy atom. The molecule has 4 bridgehead atoms. The molecular weight excluding hydrogens is 498 g/mol. The highest BCUT2D eigenvalue weighted by Gasteiger charge is 2.51. The van der Waals surface area contributed by atoms with Crippen LogP contribution in [0.25, 0.3) is 0 Å². The molecule has 0 spiro atoms. The Morgan fingerprint density at radius 3 is 1.36 bits per heavy atom. The Bertz CT molecular complexity index is 739. The molecule has 0 aliphatic heterocycles. The molecule has 0 unspecified atom stereocenters. The first-order chi connectivity index (χ1) is 19.3. The molecule has 1 aromatic carbocycles. The van der Waals surface area contributed by atoms with Crippen LogP contribution >= 0.6 is 0 Å². The van der Waals surface area contributed by atoms with Crippen LogP contribution in [0.1, 0.15) is 44.1 Å². The minimum atomic E-state index is 0.477. The number of rotatable bonds is 23. The van der Waals surface area contributed by atoms with Crippen molar-refractivity contribution < 1.29 is 33.2 Å². The molecule has 0 aromatic heterocycles. The SMILES string of the molecule is COCCOCCOCCOCCOCCOCCOCCNc1ccc(C23CC4CC(CC(C4)C2)C3)cc1. The van der Waals surface area contributed by atoms with Crippen LogP contribution < -0.4 is 5.32 Å². The van der Waals surface area contributed by atoms with Crippen LogP contribution in [-0.2, 0) is 38.6 Å². The van der Waals surface area contributed by atoms with Gasteiger partial charge in [0.2, 0.25) is 0 Å². The lowest BCUT2D eigenvalue weighted by Crippen LogP contribution is -2.48. The standard InChI is InChI=1S/C31H51NO7/c1-33-8-9-35-12-13-37-16-17-39-19-18-38-15-14-36-11-10-34-7-6-32-30-4-2-29(3-5-30)31-23-26-20-27(24-31)22-28(21-26)25-31/h2-5,26-28,32H,6-25H2,1H3. The quantitative estimate of drug-likeness (QED) is 0.202. The van der Waals surface area contributed by atoms with Gasteiger partial charge < -0.3 is 38.5 Å². The lowest BCUT2D eigenvalue weighted by molar-refractivity contribution is -0.0187. The van der Waals surface area contributed by atoms with Crippen molar-refractivity contribution in [2.24, 2.45) is 17.8 Å². The zero-order valence-corrected chi connectivity index (χ0v) is 24.0. The number of hydrogen-bond acceptors (Lipinski definition) is 8. The third kappa shape index (κ3) is 10.6. The molecule has 0 radical (unpaired) electrons. The largest absolute Gasteiger partial charge is 0.383 e. The van der Waals surface area contributed by atoms with Crippen molar-refractivity contribution in [1.29, 1.82) is 0 Å². The normalized spacial score (nSPS) is 25.4. The third-order valence-corrected chi connectivity index (χ3v) is 8.40. The van der Waals surface area contributed by atoms with Gasteiger partial charge >= 0.3 is 0 Å². The van der Waals surface area contributed by atoms with E-state index >= 15 is 0 Å². The molecule has 0 heterocycles. The van der Waals surface area contributed by atoms with Crippen molar-refractivity contribution in [3.8, 4) is 0 Å². The second kappa shape index (κ2) is 17.5. The molecule has 4 fully saturated rings. The van der Waals surface area contributed by atoms with Gasteiger partial charge in [0.25, 0.3) is 0 Å². The van der Waals surface area contributed by atoms with Gasteiger partial charge in [0.1, 0.15) is 0 Å². The first-order valence-corrected chi connectivity index (χ1v) is 15.1. The summed E-state index contributed by atoms with van der Waals surface area (Å²) in [5, 5.41) is 3.49. The fourth-order valence-electron chi connectivity index (χ4n) is 7.02. The van der Waals surface area contributed by atoms with Gasteiger partial charge in [-0.3, -0.25) is 0 Å². The number of nitrogens with one attached hydrogen (secondary N) is 1. The zero-order valence-electron chi connectivity index (χ0n) is 24.0. The van der Waals surface area contributed by atoms with Crippen LogP contribution in [0.3, 0.4) is 0 Å². The van der Waals surface area contributed by atoms with Gasteiger partial charge in [-0.1, -0.05) is 12.1 Å². The summed E-state index contributed by atoms with van der Waals surface area (Å²) in [4.78, 5) is 0. The average Bonchev–Trinajstić information content (AvgIpc) is 2.93. The Kier molecular flexibility index (Phi) is 13.8. The third-order valence-electron chi connectivity index (χ3n) is 8.40. The van der Waals surface area contributed by atoms with Crippen LogP contribution in [-0.4, -0.2) is 99.5 Å². The van der Waals surface area contributed by atoms with Crippen LogP contribution in [0.15, 0.2) is 24.3 Å². The molecule has 4 aliphatic carbocycles. The van der Waals surface area contributed by atoms with Crippen molar-refractivity contribution >= 4 is 5.69 Å². The fourth-order valence-corrected chi connectivity index (χ4v) is 7.02. The van der Waals surface area contributed by atoms with E-state index in [1.807, 2.05) is 0 Å². The first kappa shape index (κ1) is 30.7. The van der Waals surface area contributed by atoms with Crippen LogP contribution in [0, 0.1) is 17.8 Å². The molecule has 5 rings (SSSR count). The summed E-state index contributed by atoms with van der Waals surface area (Å²) < 4.78 is 37.9. The maximum atomic E-state index is 5.69. The molecule has 4 saturated carbocycles. The number of methoxy groups -OCH3 is 1. The van der Waals surface area contributed by atoms with Crippen molar-refractivity contribution in [2.75, 3.05) is 105 Å². The van der Waals surface area contributed by atoms with Crippen molar-refractivity contribution in [3.05, 3.63) is 29.8 Å². The molecule has 0 amide bonds. The lowest BCUT2D eigenvalue weighted by atomic mass is 9.48. The molecule has 0 saturated heterocycles. The van der Waals surface area contributed by atoms with Crippen LogP contribution in [0.4, 0.5) is 5.69 Å². The smallest absolute Gasteiger partial charge is 0.0701 e. The molecule has 1 aromatic rings. The predicted molar refractivity (Wildman–Crippen MR) is 152 cm³/mol. The molecule has 8 nitrogen and oxygen atoms in total. The Hall–Kier alpha value is -1.26. The summed E-state index contributed by atoms with van der Waals surface area (Å²) in [6, 6.07) is 9.30. The Morgan fingerprint density at radius 2 is 0.949 bits per heavy atom. The highest BCUT2D eigenvalue weighted by Crippen LogP contribution is 2.60. The Labute approximate surface area is 235 Å². The molecule has 8 heteroatoms. The second-order valence-corrected chi connectivity index (χ2v) is 11.4. The second-order valence-electron chi connectivity index (χ2n) is 11.4. The summed E-state index contributed by atoms with van der Waals surface area (Å²) in [5.41, 5.74) is 3.24. The van der Waals surface area contributed by atoms with Crippen LogP contribution in [0.2, 0.25) is 0 Å². The monoisotopic (exact) mass is 549 g/mol. The van der Waals surface area contributed by atoms with Gasteiger partial charge in [-0.15, -0.1) is 0 Å². The van der Waals surface area contributed by atoms with E-state index in [1.54, 1.807) is 12.7 Å². The van der Waals surface area contributed by atoms with E-state index < -0.39 is 0 Å². The number of benzene rings is 1. The van der Waals surface area contributed by atoms with Crippen LogP contribution in [0.5, 0.6) is 0 Å². The number of hydrogen-bond donors (Lipinski definition) is 1. The number of anilines is 1. The topological polar surface area (TPSA) is 76.6 Å². The highest BCUT2D eigenvalue weighted by molar-refractivity contribution is 5.46. The average molecular weight is 550 g/mol. The Balaban J connectivity index is 0.901. The fraction of sp³-hybridized carbons (Fsp3) is 0.806. The van der Waals surface area contributed by atoms with Crippen molar-refractivity contribution in [3.63, 3.8) is 0 Å². The van der Waals surface area contributed by atoms with E-state index in [-0.39, 0.29) is 0 Å². The maximum Gasteiger partial charge on any atom is 0.0701 e. The summed E-state index contributed by atoms with van der Waals surface area (Å²) in [5.74, 6) is 2.96. The summed E-state index contributed by atoms with van der Waals surface area (Å²) in [6.07, 6.45) is 8.76. The lowest BCUT2D eigenvalue weighted by Gasteiger charge is -2.57. The van der Waals surface area contributed by atoms with Gasteiger partial charge in [-0.25, -0.2) is 0 Å². The number of ether oxygens (including phenoxy) is 7. The minimum Gasteiger partial charge on any atom is -0.383 e. The molecule has 1 N–H and O–H groups in total. The van der Waals surface area contributed by atoms with E-state index in [2.05, 4.69) is 29.6 Å². The van der Waals surface area contributed by atoms with Gasteiger partial charge in [-0.05, 0) is 79.4 Å². The van der Waals surface area contributed by atoms with E-state index in [9.17, 15) is 0 Å². The van der Waals surface area contributed by atoms with E-state index in [4.69, 9.17) is 33.2 Å². The van der Waals surface area contributed by atoms with E-state index in [1.165, 1.54) is 44.2 Å². The van der Waals surface area contributed by atoms with E-state index in [0.29, 0.717) is 91.3 Å².